The summed E-state index contributed by atoms with van der Waals surface area (Å²) in [5.41, 5.74) is 11.8. The molecule has 0 aliphatic rings. The van der Waals surface area contributed by atoms with E-state index in [4.69, 9.17) is 17.3 Å². The Labute approximate surface area is 212 Å². The number of halogens is 1. The van der Waals surface area contributed by atoms with Gasteiger partial charge in [-0.1, -0.05) is 117 Å². The monoisotopic (exact) mass is 479 g/mol. The number of ketones is 1. The quantitative estimate of drug-likeness (QED) is 0.377. The van der Waals surface area contributed by atoms with Gasteiger partial charge in [0.1, 0.15) is 5.78 Å². The number of Topliss-reactive ketones (excluding diaryl/α,β-unsaturated/α-hetero) is 1. The molecule has 0 fully saturated rings. The van der Waals surface area contributed by atoms with Crippen LogP contribution in [0, 0.1) is 0 Å². The van der Waals surface area contributed by atoms with Crippen LogP contribution >= 0.6 is 11.6 Å². The Balaban J connectivity index is -0.000000216. The Morgan fingerprint density at radius 1 is 1.06 bits per heavy atom. The maximum absolute atomic E-state index is 10.7. The van der Waals surface area contributed by atoms with Crippen LogP contribution in [0.25, 0.3) is 6.08 Å². The summed E-state index contributed by atoms with van der Waals surface area (Å²) in [6, 6.07) is 6.68. The van der Waals surface area contributed by atoms with Gasteiger partial charge in [-0.05, 0) is 61.8 Å². The predicted octanol–water partition coefficient (Wildman–Crippen LogP) is 9.87. The van der Waals surface area contributed by atoms with Gasteiger partial charge in [-0.2, -0.15) is 0 Å². The first-order chi connectivity index (χ1) is 15.5. The summed E-state index contributed by atoms with van der Waals surface area (Å²) in [4.78, 5) is 10.7. The summed E-state index contributed by atoms with van der Waals surface area (Å²) in [7, 11) is 0. The van der Waals surface area contributed by atoms with E-state index in [1.807, 2.05) is 54.5 Å². The second-order valence-corrected chi connectivity index (χ2v) is 7.88. The zero-order chi connectivity index (χ0) is 27.1. The maximum Gasteiger partial charge on any atom is 0.134 e. The summed E-state index contributed by atoms with van der Waals surface area (Å²) in [5, 5.41) is 0.660. The maximum atomic E-state index is 10.7. The molecular formula is C30H54ClNO. The molecule has 192 valence electrons. The highest BCUT2D eigenvalue weighted by atomic mass is 35.5. The Hall–Kier alpha value is -1.64. The van der Waals surface area contributed by atoms with Crippen LogP contribution in [-0.4, -0.2) is 11.8 Å². The Kier molecular flexibility index (Phi) is 29.2. The normalized spacial score (nSPS) is 10.9. The molecule has 1 atom stereocenters. The molecule has 0 unspecified atom stereocenters. The fraction of sp³-hybridized carbons (Fsp3) is 0.567. The van der Waals surface area contributed by atoms with Crippen LogP contribution in [0.3, 0.4) is 0 Å². The number of allylic oxidation sites excluding steroid dienone is 3. The van der Waals surface area contributed by atoms with Crippen LogP contribution in [-0.2, 0) is 11.2 Å². The molecule has 1 aromatic carbocycles. The smallest absolute Gasteiger partial charge is 0.134 e. The van der Waals surface area contributed by atoms with Crippen LogP contribution in [0.15, 0.2) is 47.5 Å². The molecule has 0 aromatic heterocycles. The fourth-order valence-electron chi connectivity index (χ4n) is 2.81. The number of nitrogens with two attached hydrogens (primary N) is 1. The minimum atomic E-state index is 0.114. The van der Waals surface area contributed by atoms with Gasteiger partial charge in [0, 0.05) is 17.5 Å². The van der Waals surface area contributed by atoms with Crippen LogP contribution in [0.4, 0.5) is 0 Å². The van der Waals surface area contributed by atoms with Crippen molar-refractivity contribution in [2.75, 3.05) is 0 Å². The number of hydrogen-bond acceptors (Lipinski definition) is 2. The SMILES string of the molecule is C=C(C)/C(CC(C)=O)=C(\C)Cl.C=Cc1cccc(C(C)C)c1C[C@@H](N)CC.CC.CC.CC. The number of carbonyl (C=O) groups excluding carboxylic acids is 1. The number of hydrogen-bond donors (Lipinski definition) is 1. The van der Waals surface area contributed by atoms with Crippen molar-refractivity contribution in [2.45, 2.75) is 114 Å². The summed E-state index contributed by atoms with van der Waals surface area (Å²) in [5.74, 6) is 0.655. The van der Waals surface area contributed by atoms with E-state index in [-0.39, 0.29) is 11.8 Å². The first kappa shape index (κ1) is 38.6. The summed E-state index contributed by atoms with van der Waals surface area (Å²) in [6.07, 6.45) is 4.30. The molecule has 0 aliphatic carbocycles. The van der Waals surface area contributed by atoms with E-state index < -0.39 is 0 Å². The highest BCUT2D eigenvalue weighted by Crippen LogP contribution is 2.25. The average molecular weight is 480 g/mol. The lowest BCUT2D eigenvalue weighted by atomic mass is 9.89. The number of benzene rings is 1. The number of rotatable bonds is 8. The van der Waals surface area contributed by atoms with E-state index in [0.29, 0.717) is 17.4 Å². The lowest BCUT2D eigenvalue weighted by Gasteiger charge is -2.18. The van der Waals surface area contributed by atoms with E-state index >= 15 is 0 Å². The zero-order valence-electron chi connectivity index (χ0n) is 23.9. The van der Waals surface area contributed by atoms with Crippen molar-refractivity contribution in [3.8, 4) is 0 Å². The van der Waals surface area contributed by atoms with Crippen molar-refractivity contribution in [3.05, 3.63) is 64.2 Å². The van der Waals surface area contributed by atoms with Crippen molar-refractivity contribution < 1.29 is 4.79 Å². The molecule has 33 heavy (non-hydrogen) atoms. The van der Waals surface area contributed by atoms with Crippen LogP contribution in [0.1, 0.15) is 119 Å². The Morgan fingerprint density at radius 2 is 1.55 bits per heavy atom. The third-order valence-electron chi connectivity index (χ3n) is 4.44. The van der Waals surface area contributed by atoms with Crippen molar-refractivity contribution in [1.29, 1.82) is 0 Å². The molecule has 0 spiro atoms. The van der Waals surface area contributed by atoms with Gasteiger partial charge in [-0.25, -0.2) is 0 Å². The van der Waals surface area contributed by atoms with Gasteiger partial charge in [-0.15, -0.1) is 0 Å². The van der Waals surface area contributed by atoms with E-state index in [2.05, 4.69) is 52.1 Å². The van der Waals surface area contributed by atoms with E-state index in [9.17, 15) is 4.79 Å². The topological polar surface area (TPSA) is 43.1 Å². The molecule has 1 rings (SSSR count). The fourth-order valence-corrected chi connectivity index (χ4v) is 3.04. The third kappa shape index (κ3) is 18.5. The Morgan fingerprint density at radius 3 is 1.82 bits per heavy atom. The van der Waals surface area contributed by atoms with Crippen LogP contribution in [0.5, 0.6) is 0 Å². The lowest BCUT2D eigenvalue weighted by Crippen LogP contribution is -2.22. The van der Waals surface area contributed by atoms with Crippen molar-refractivity contribution >= 4 is 23.5 Å². The molecule has 0 saturated carbocycles. The van der Waals surface area contributed by atoms with Crippen LogP contribution in [0.2, 0.25) is 0 Å². The van der Waals surface area contributed by atoms with Gasteiger partial charge >= 0.3 is 0 Å². The zero-order valence-corrected chi connectivity index (χ0v) is 24.6. The molecule has 3 heteroatoms. The molecule has 0 amide bonds. The first-order valence-corrected chi connectivity index (χ1v) is 12.9. The standard InChI is InChI=1S/C15H23N.C9H13ClO.3C2H6/c1-5-12-8-7-9-14(11(3)4)15(12)10-13(16)6-2;1-6(2)9(8(4)10)5-7(3)11;3*1-2/h5,7-9,11,13H,1,6,10,16H2,2-4H3;1,5H2,2-4H3;3*1-2H3/b;9-8+;;;/t13-;;;;/m0..../s1. The van der Waals surface area contributed by atoms with Crippen molar-refractivity contribution in [3.63, 3.8) is 0 Å². The molecule has 2 nitrogen and oxygen atoms in total. The van der Waals surface area contributed by atoms with Gasteiger partial charge < -0.3 is 5.73 Å². The van der Waals surface area contributed by atoms with Crippen molar-refractivity contribution in [1.82, 2.24) is 0 Å². The van der Waals surface area contributed by atoms with Gasteiger partial charge in [0.05, 0.1) is 0 Å². The highest BCUT2D eigenvalue weighted by Gasteiger charge is 2.12. The second kappa shape index (κ2) is 25.0. The number of carbonyl (C=O) groups is 1. The largest absolute Gasteiger partial charge is 0.327 e. The minimum Gasteiger partial charge on any atom is -0.327 e. The molecule has 0 heterocycles. The summed E-state index contributed by atoms with van der Waals surface area (Å²) >= 11 is 5.75. The molecule has 2 N–H and O–H groups in total. The van der Waals surface area contributed by atoms with Crippen LogP contribution < -0.4 is 5.73 Å². The van der Waals surface area contributed by atoms with E-state index in [1.54, 1.807) is 13.8 Å². The van der Waals surface area contributed by atoms with Gasteiger partial charge in [0.2, 0.25) is 0 Å². The molecular weight excluding hydrogens is 426 g/mol. The van der Waals surface area contributed by atoms with Gasteiger partial charge in [-0.3, -0.25) is 4.79 Å². The predicted molar refractivity (Wildman–Crippen MR) is 155 cm³/mol. The first-order valence-electron chi connectivity index (χ1n) is 12.5. The summed E-state index contributed by atoms with van der Waals surface area (Å²) in [6.45, 7) is 31.4. The van der Waals surface area contributed by atoms with Crippen molar-refractivity contribution in [2.24, 2.45) is 5.73 Å². The minimum absolute atomic E-state index is 0.114. The van der Waals surface area contributed by atoms with E-state index in [0.717, 1.165) is 24.0 Å². The molecule has 0 saturated heterocycles. The highest BCUT2D eigenvalue weighted by molar-refractivity contribution is 6.30. The average Bonchev–Trinajstić information content (AvgIpc) is 2.81. The van der Waals surface area contributed by atoms with E-state index in [1.165, 1.54) is 16.7 Å². The molecule has 0 bridgehead atoms. The lowest BCUT2D eigenvalue weighted by molar-refractivity contribution is -0.116. The molecule has 1 aromatic rings. The second-order valence-electron chi connectivity index (χ2n) is 7.32. The third-order valence-corrected chi connectivity index (χ3v) is 4.67. The summed E-state index contributed by atoms with van der Waals surface area (Å²) < 4.78 is 0. The Bertz CT molecular complexity index is 683. The van der Waals surface area contributed by atoms with Gasteiger partial charge in [0.25, 0.3) is 0 Å². The molecule has 0 aliphatic heterocycles. The van der Waals surface area contributed by atoms with Gasteiger partial charge in [0.15, 0.2) is 0 Å². The molecule has 0 radical (unpaired) electrons.